The number of carbonyl (C=O) groups is 1. The van der Waals surface area contributed by atoms with Crippen LogP contribution in [-0.4, -0.2) is 57.1 Å². The Morgan fingerprint density at radius 2 is 1.55 bits per heavy atom. The normalized spacial score (nSPS) is 18.4. The zero-order valence-corrected chi connectivity index (χ0v) is 18.2. The van der Waals surface area contributed by atoms with E-state index in [2.05, 4.69) is 11.5 Å². The molecule has 166 valence electrons. The van der Waals surface area contributed by atoms with Crippen LogP contribution in [0.25, 0.3) is 11.0 Å². The third kappa shape index (κ3) is 4.51. The smallest absolute Gasteiger partial charge is 0.317 e. The lowest BCUT2D eigenvalue weighted by Gasteiger charge is -2.40. The molecule has 1 saturated heterocycles. The maximum Gasteiger partial charge on any atom is 0.317 e. The number of hydrogen-bond donors (Lipinski definition) is 0. The van der Waals surface area contributed by atoms with Crippen molar-refractivity contribution >= 4 is 16.9 Å². The Kier molecular flexibility index (Phi) is 6.70. The lowest BCUT2D eigenvalue weighted by molar-refractivity contribution is -0.133. The first-order chi connectivity index (χ1) is 15.1. The third-order valence-electron chi connectivity index (χ3n) is 6.76. The number of aryl methyl sites for hydroxylation is 1. The molecule has 31 heavy (non-hydrogen) atoms. The molecule has 0 atom stereocenters. The molecule has 4 rings (SSSR count). The minimum atomic E-state index is -0.588. The van der Waals surface area contributed by atoms with Crippen LogP contribution >= 0.6 is 0 Å². The maximum absolute atomic E-state index is 12.9. The van der Waals surface area contributed by atoms with Gasteiger partial charge in [0.1, 0.15) is 0 Å². The van der Waals surface area contributed by atoms with E-state index < -0.39 is 11.1 Å². The van der Waals surface area contributed by atoms with E-state index in [1.807, 2.05) is 29.2 Å². The minimum absolute atomic E-state index is 0.0505. The Morgan fingerprint density at radius 1 is 0.935 bits per heavy atom. The van der Waals surface area contributed by atoms with Gasteiger partial charge in [-0.25, -0.2) is 0 Å². The highest BCUT2D eigenvalue weighted by Crippen LogP contribution is 2.23. The molecule has 1 aromatic heterocycles. The van der Waals surface area contributed by atoms with Gasteiger partial charge in [-0.1, -0.05) is 37.5 Å². The van der Waals surface area contributed by atoms with E-state index in [0.29, 0.717) is 17.1 Å². The van der Waals surface area contributed by atoms with Gasteiger partial charge >= 0.3 is 11.1 Å². The number of amides is 1. The van der Waals surface area contributed by atoms with Gasteiger partial charge in [-0.2, -0.15) is 0 Å². The predicted octanol–water partition coefficient (Wildman–Crippen LogP) is 2.22. The van der Waals surface area contributed by atoms with Gasteiger partial charge in [0.25, 0.3) is 0 Å². The molecule has 2 aliphatic rings. The van der Waals surface area contributed by atoms with Crippen molar-refractivity contribution in [3.8, 4) is 0 Å². The summed E-state index contributed by atoms with van der Waals surface area (Å²) < 4.78 is 2.89. The van der Waals surface area contributed by atoms with E-state index in [1.54, 1.807) is 6.08 Å². The molecule has 2 fully saturated rings. The van der Waals surface area contributed by atoms with Crippen molar-refractivity contribution in [2.75, 3.05) is 26.2 Å². The standard InChI is InChI=1S/C24H32N4O3/c1-2-13-27-20-10-6-7-11-21(20)28(24(31)23(27)30)14-12-22(29)26-17-15-25(16-18-26)19-8-4-3-5-9-19/h2,6-7,10-11,19H,1,3-5,8-9,12-18H2. The number of rotatable bonds is 6. The lowest BCUT2D eigenvalue weighted by Crippen LogP contribution is -2.52. The van der Waals surface area contributed by atoms with Crippen LogP contribution in [-0.2, 0) is 17.9 Å². The molecule has 1 aliphatic carbocycles. The Balaban J connectivity index is 1.44. The molecule has 7 heteroatoms. The summed E-state index contributed by atoms with van der Waals surface area (Å²) in [6, 6.07) is 8.00. The van der Waals surface area contributed by atoms with E-state index in [1.165, 1.54) is 41.2 Å². The molecular weight excluding hydrogens is 392 g/mol. The molecule has 2 heterocycles. The second-order valence-corrected chi connectivity index (χ2v) is 8.61. The largest absolute Gasteiger partial charge is 0.340 e. The molecule has 1 aliphatic heterocycles. The summed E-state index contributed by atoms with van der Waals surface area (Å²) in [6.07, 6.45) is 8.37. The van der Waals surface area contributed by atoms with Crippen LogP contribution in [0.15, 0.2) is 46.5 Å². The molecule has 1 aromatic carbocycles. The van der Waals surface area contributed by atoms with Crippen LogP contribution in [0.4, 0.5) is 0 Å². The summed E-state index contributed by atoms with van der Waals surface area (Å²) in [7, 11) is 0. The average molecular weight is 425 g/mol. The van der Waals surface area contributed by atoms with Crippen LogP contribution < -0.4 is 11.1 Å². The van der Waals surface area contributed by atoms with Crippen molar-refractivity contribution < 1.29 is 4.79 Å². The predicted molar refractivity (Wildman–Crippen MR) is 122 cm³/mol. The quantitative estimate of drug-likeness (QED) is 0.527. The highest BCUT2D eigenvalue weighted by Gasteiger charge is 2.27. The molecule has 0 bridgehead atoms. The SMILES string of the molecule is C=CCn1c(=O)c(=O)n(CCC(=O)N2CCN(C3CCCCC3)CC2)c2ccccc21. The molecule has 7 nitrogen and oxygen atoms in total. The zero-order chi connectivity index (χ0) is 21.8. The monoisotopic (exact) mass is 424 g/mol. The fourth-order valence-electron chi connectivity index (χ4n) is 5.05. The van der Waals surface area contributed by atoms with Gasteiger partial charge in [-0.3, -0.25) is 23.9 Å². The number of hydrogen-bond acceptors (Lipinski definition) is 4. The van der Waals surface area contributed by atoms with Crippen LogP contribution in [0, 0.1) is 0 Å². The highest BCUT2D eigenvalue weighted by molar-refractivity contribution is 5.77. The number of nitrogens with zero attached hydrogens (tertiary/aromatic N) is 4. The lowest BCUT2D eigenvalue weighted by atomic mass is 9.94. The fraction of sp³-hybridized carbons (Fsp3) is 0.542. The van der Waals surface area contributed by atoms with E-state index >= 15 is 0 Å². The van der Waals surface area contributed by atoms with Crippen molar-refractivity contribution in [2.24, 2.45) is 0 Å². The van der Waals surface area contributed by atoms with E-state index in [4.69, 9.17) is 0 Å². The molecule has 2 aromatic rings. The van der Waals surface area contributed by atoms with Crippen LogP contribution in [0.1, 0.15) is 38.5 Å². The first kappa shape index (κ1) is 21.6. The van der Waals surface area contributed by atoms with Crippen LogP contribution in [0.5, 0.6) is 0 Å². The molecular formula is C24H32N4O3. The zero-order valence-electron chi connectivity index (χ0n) is 18.2. The van der Waals surface area contributed by atoms with E-state index in [0.717, 1.165) is 26.2 Å². The third-order valence-corrected chi connectivity index (χ3v) is 6.76. The van der Waals surface area contributed by atoms with Gasteiger partial charge in [0.05, 0.1) is 11.0 Å². The Hall–Kier alpha value is -2.67. The molecule has 0 radical (unpaired) electrons. The number of piperazine rings is 1. The van der Waals surface area contributed by atoms with Crippen molar-refractivity contribution in [3.63, 3.8) is 0 Å². The van der Waals surface area contributed by atoms with E-state index in [-0.39, 0.29) is 25.4 Å². The second-order valence-electron chi connectivity index (χ2n) is 8.61. The summed E-state index contributed by atoms with van der Waals surface area (Å²) >= 11 is 0. The average Bonchev–Trinajstić information content (AvgIpc) is 2.82. The van der Waals surface area contributed by atoms with E-state index in [9.17, 15) is 14.4 Å². The van der Waals surface area contributed by atoms with Crippen molar-refractivity contribution in [3.05, 3.63) is 57.6 Å². The maximum atomic E-state index is 12.9. The van der Waals surface area contributed by atoms with Gasteiger partial charge < -0.3 is 9.47 Å². The van der Waals surface area contributed by atoms with Gasteiger partial charge in [0.2, 0.25) is 5.91 Å². The summed E-state index contributed by atoms with van der Waals surface area (Å²) in [5.41, 5.74) is 0.187. The van der Waals surface area contributed by atoms with Gasteiger partial charge in [0, 0.05) is 51.7 Å². The number of fused-ring (bicyclic) bond motifs is 1. The van der Waals surface area contributed by atoms with Crippen molar-refractivity contribution in [1.29, 1.82) is 0 Å². The summed E-state index contributed by atoms with van der Waals surface area (Å²) in [5, 5.41) is 0. The topological polar surface area (TPSA) is 67.5 Å². The molecule has 1 saturated carbocycles. The summed E-state index contributed by atoms with van der Waals surface area (Å²) in [6.45, 7) is 7.51. The minimum Gasteiger partial charge on any atom is -0.340 e. The number of benzene rings is 1. The van der Waals surface area contributed by atoms with Crippen LogP contribution in [0.2, 0.25) is 0 Å². The number of allylic oxidation sites excluding steroid dienone is 1. The van der Waals surface area contributed by atoms with Gasteiger partial charge in [0.15, 0.2) is 0 Å². The summed E-state index contributed by atoms with van der Waals surface area (Å²) in [5.74, 6) is 0.0505. The molecule has 0 spiro atoms. The molecule has 0 unspecified atom stereocenters. The number of carbonyl (C=O) groups excluding carboxylic acids is 1. The Labute approximate surface area is 182 Å². The molecule has 1 amide bonds. The van der Waals surface area contributed by atoms with Crippen molar-refractivity contribution in [2.45, 2.75) is 57.7 Å². The van der Waals surface area contributed by atoms with Gasteiger partial charge in [-0.15, -0.1) is 6.58 Å². The molecule has 0 N–H and O–H groups in total. The van der Waals surface area contributed by atoms with Gasteiger partial charge in [-0.05, 0) is 25.0 Å². The second kappa shape index (κ2) is 9.64. The first-order valence-electron chi connectivity index (χ1n) is 11.4. The Bertz CT molecular complexity index is 1060. The first-order valence-corrected chi connectivity index (χ1v) is 11.4. The van der Waals surface area contributed by atoms with Crippen LogP contribution in [0.3, 0.4) is 0 Å². The fourth-order valence-corrected chi connectivity index (χ4v) is 5.05. The summed E-state index contributed by atoms with van der Waals surface area (Å²) in [4.78, 5) is 42.7. The highest BCUT2D eigenvalue weighted by atomic mass is 16.2. The Morgan fingerprint density at radius 3 is 2.19 bits per heavy atom. The number of aromatic nitrogens is 2. The van der Waals surface area contributed by atoms with Crippen molar-refractivity contribution in [1.82, 2.24) is 18.9 Å². The number of para-hydroxylation sites is 2.